The third-order valence-electron chi connectivity index (χ3n) is 7.63. The van der Waals surface area contributed by atoms with Crippen molar-refractivity contribution in [1.82, 2.24) is 0 Å². The lowest BCUT2D eigenvalue weighted by Gasteiger charge is -2.18. The number of unbranched alkanes of at least 4 members (excludes halogenated alkanes) is 16. The van der Waals surface area contributed by atoms with Gasteiger partial charge in [0.25, 0.3) is 0 Å². The van der Waals surface area contributed by atoms with Gasteiger partial charge < -0.3 is 19.3 Å². The second kappa shape index (κ2) is 34.6. The molecule has 0 rings (SSSR count). The Morgan fingerprint density at radius 3 is 1.65 bits per heavy atom. The first-order valence-corrected chi connectivity index (χ1v) is 20.2. The van der Waals surface area contributed by atoms with E-state index >= 15 is 0 Å². The van der Waals surface area contributed by atoms with Crippen LogP contribution in [-0.4, -0.2) is 41.0 Å². The van der Waals surface area contributed by atoms with E-state index in [1.807, 2.05) is 36.5 Å². The van der Waals surface area contributed by atoms with Crippen LogP contribution < -0.4 is 0 Å². The SMILES string of the molecule is CC/C=C/C=C/C=C/C=C/CCCCCCCC(=O)OC[C@H](COP(=O)(O)O)OC(=O)CC/C=C/CCCCCCCCCCCCC. The van der Waals surface area contributed by atoms with Crippen molar-refractivity contribution < 1.29 is 37.9 Å². The monoisotopic (exact) mass is 694 g/mol. The van der Waals surface area contributed by atoms with Crippen LogP contribution in [0.2, 0.25) is 0 Å². The second-order valence-corrected chi connectivity index (χ2v) is 13.5. The Kier molecular flexibility index (Phi) is 33.0. The van der Waals surface area contributed by atoms with Gasteiger partial charge in [-0.1, -0.05) is 158 Å². The molecular formula is C39H67O8P. The molecule has 0 heterocycles. The summed E-state index contributed by atoms with van der Waals surface area (Å²) in [4.78, 5) is 42.6. The highest BCUT2D eigenvalue weighted by Crippen LogP contribution is 2.35. The number of hydrogen-bond acceptors (Lipinski definition) is 6. The molecule has 2 N–H and O–H groups in total. The van der Waals surface area contributed by atoms with Crippen LogP contribution in [0.5, 0.6) is 0 Å². The van der Waals surface area contributed by atoms with E-state index in [1.165, 1.54) is 64.2 Å². The highest BCUT2D eigenvalue weighted by atomic mass is 31.2. The first-order chi connectivity index (χ1) is 23.3. The molecule has 0 saturated carbocycles. The molecule has 48 heavy (non-hydrogen) atoms. The highest BCUT2D eigenvalue weighted by Gasteiger charge is 2.22. The molecule has 276 valence electrons. The highest BCUT2D eigenvalue weighted by molar-refractivity contribution is 7.46. The molecule has 0 aliphatic heterocycles. The van der Waals surface area contributed by atoms with Gasteiger partial charge in [0.15, 0.2) is 6.10 Å². The summed E-state index contributed by atoms with van der Waals surface area (Å²) in [5.41, 5.74) is 0. The van der Waals surface area contributed by atoms with Gasteiger partial charge in [-0.2, -0.15) is 0 Å². The Bertz CT molecular complexity index is 963. The van der Waals surface area contributed by atoms with Crippen LogP contribution >= 0.6 is 7.82 Å². The number of carbonyl (C=O) groups is 2. The topological polar surface area (TPSA) is 119 Å². The fraction of sp³-hybridized carbons (Fsp3) is 0.692. The van der Waals surface area contributed by atoms with Crippen molar-refractivity contribution in [2.24, 2.45) is 0 Å². The molecule has 0 unspecified atom stereocenters. The fourth-order valence-electron chi connectivity index (χ4n) is 4.87. The summed E-state index contributed by atoms with van der Waals surface area (Å²) in [5.74, 6) is -0.973. The Morgan fingerprint density at radius 1 is 0.562 bits per heavy atom. The molecule has 0 aromatic heterocycles. The summed E-state index contributed by atoms with van der Waals surface area (Å²) in [6.45, 7) is 3.48. The Morgan fingerprint density at radius 2 is 1.06 bits per heavy atom. The zero-order valence-electron chi connectivity index (χ0n) is 30.1. The number of esters is 2. The number of allylic oxidation sites excluding steroid dienone is 10. The third kappa shape index (κ3) is 36.6. The predicted molar refractivity (Wildman–Crippen MR) is 197 cm³/mol. The van der Waals surface area contributed by atoms with Gasteiger partial charge in [-0.25, -0.2) is 4.57 Å². The van der Waals surface area contributed by atoms with Crippen molar-refractivity contribution in [2.75, 3.05) is 13.2 Å². The molecule has 0 aromatic rings. The van der Waals surface area contributed by atoms with Gasteiger partial charge in [-0.15, -0.1) is 0 Å². The maximum Gasteiger partial charge on any atom is 0.469 e. The van der Waals surface area contributed by atoms with Gasteiger partial charge in [0.2, 0.25) is 0 Å². The maximum atomic E-state index is 12.3. The molecule has 0 spiro atoms. The number of phosphoric acid groups is 1. The molecule has 0 fully saturated rings. The van der Waals surface area contributed by atoms with Crippen molar-refractivity contribution >= 4 is 19.8 Å². The first kappa shape index (κ1) is 45.8. The van der Waals surface area contributed by atoms with Crippen molar-refractivity contribution in [3.63, 3.8) is 0 Å². The van der Waals surface area contributed by atoms with E-state index in [-0.39, 0.29) is 19.4 Å². The van der Waals surface area contributed by atoms with E-state index in [1.54, 1.807) is 0 Å². The summed E-state index contributed by atoms with van der Waals surface area (Å²) in [7, 11) is -4.77. The van der Waals surface area contributed by atoms with Gasteiger partial charge in [-0.05, 0) is 44.9 Å². The summed E-state index contributed by atoms with van der Waals surface area (Å²) in [6.07, 6.45) is 42.4. The molecule has 9 heteroatoms. The van der Waals surface area contributed by atoms with Gasteiger partial charge in [0.05, 0.1) is 6.61 Å². The fourth-order valence-corrected chi connectivity index (χ4v) is 5.23. The molecule has 0 aromatic carbocycles. The molecule has 0 bridgehead atoms. The standard InChI is InChI=1S/C39H67O8P/c1-3-5-7-9-11-13-15-17-19-21-23-25-27-29-31-33-38(40)45-35-37(36-46-48(42,43)44)47-39(41)34-32-30-28-26-24-22-20-18-16-14-12-10-8-6-4-2/h5,7,9,11,13,15,17,19,28,30,37H,3-4,6,8,10,12,14,16,18,20-27,29,31-36H2,1-2H3,(H2,42,43,44)/b7-5+,11-9+,15-13+,19-17+,30-28+/t37-/m1/s1. The zero-order valence-corrected chi connectivity index (χ0v) is 31.0. The maximum absolute atomic E-state index is 12.3. The van der Waals surface area contributed by atoms with E-state index in [2.05, 4.69) is 42.7 Å². The van der Waals surface area contributed by atoms with E-state index in [4.69, 9.17) is 19.3 Å². The number of phosphoric ester groups is 1. The van der Waals surface area contributed by atoms with E-state index in [9.17, 15) is 14.2 Å². The summed E-state index contributed by atoms with van der Waals surface area (Å²) < 4.78 is 26.2. The van der Waals surface area contributed by atoms with Crippen molar-refractivity contribution in [1.29, 1.82) is 0 Å². The van der Waals surface area contributed by atoms with Gasteiger partial charge in [0, 0.05) is 12.8 Å². The minimum Gasteiger partial charge on any atom is -0.462 e. The van der Waals surface area contributed by atoms with Gasteiger partial charge >= 0.3 is 19.8 Å². The Hall–Kier alpha value is -2.25. The van der Waals surface area contributed by atoms with Crippen molar-refractivity contribution in [3.8, 4) is 0 Å². The number of rotatable bonds is 33. The van der Waals surface area contributed by atoms with Gasteiger partial charge in [-0.3, -0.25) is 14.1 Å². The van der Waals surface area contributed by atoms with Crippen molar-refractivity contribution in [2.45, 2.75) is 161 Å². The third-order valence-corrected chi connectivity index (χ3v) is 8.11. The lowest BCUT2D eigenvalue weighted by Crippen LogP contribution is -2.29. The van der Waals surface area contributed by atoms with Crippen LogP contribution in [0.4, 0.5) is 0 Å². The molecule has 0 radical (unpaired) electrons. The Balaban J connectivity index is 4.07. The smallest absolute Gasteiger partial charge is 0.462 e. The molecule has 0 aliphatic carbocycles. The summed E-state index contributed by atoms with van der Waals surface area (Å²) in [5, 5.41) is 0. The van der Waals surface area contributed by atoms with Crippen LogP contribution in [0.15, 0.2) is 60.8 Å². The van der Waals surface area contributed by atoms with Crippen molar-refractivity contribution in [3.05, 3.63) is 60.8 Å². The van der Waals surface area contributed by atoms with Crippen LogP contribution in [0.25, 0.3) is 0 Å². The largest absolute Gasteiger partial charge is 0.469 e. The number of ether oxygens (including phenoxy) is 2. The second-order valence-electron chi connectivity index (χ2n) is 12.3. The van der Waals surface area contributed by atoms with Gasteiger partial charge in [0.1, 0.15) is 6.61 Å². The molecule has 0 saturated heterocycles. The van der Waals surface area contributed by atoms with Crippen LogP contribution in [0.3, 0.4) is 0 Å². The Labute approximate surface area is 292 Å². The lowest BCUT2D eigenvalue weighted by molar-refractivity contribution is -0.161. The molecule has 0 aliphatic rings. The summed E-state index contributed by atoms with van der Waals surface area (Å²) >= 11 is 0. The van der Waals surface area contributed by atoms with E-state index in [0.717, 1.165) is 51.4 Å². The minimum atomic E-state index is -4.77. The summed E-state index contributed by atoms with van der Waals surface area (Å²) in [6, 6.07) is 0. The average Bonchev–Trinajstić information content (AvgIpc) is 3.05. The van der Waals surface area contributed by atoms with E-state index < -0.39 is 32.5 Å². The normalized spacial score (nSPS) is 13.2. The predicted octanol–water partition coefficient (Wildman–Crippen LogP) is 11.0. The number of carbonyl (C=O) groups excluding carboxylic acids is 2. The first-order valence-electron chi connectivity index (χ1n) is 18.6. The van der Waals surface area contributed by atoms with Crippen LogP contribution in [0, 0.1) is 0 Å². The molecular weight excluding hydrogens is 627 g/mol. The average molecular weight is 695 g/mol. The van der Waals surface area contributed by atoms with Crippen LogP contribution in [0.1, 0.15) is 155 Å². The lowest BCUT2D eigenvalue weighted by atomic mass is 10.1. The minimum absolute atomic E-state index is 0.121. The number of hydrogen-bond donors (Lipinski definition) is 2. The molecule has 0 amide bonds. The zero-order chi connectivity index (χ0) is 35.4. The molecule has 8 nitrogen and oxygen atoms in total. The van der Waals surface area contributed by atoms with E-state index in [0.29, 0.717) is 12.8 Å². The quantitative estimate of drug-likeness (QED) is 0.0229. The van der Waals surface area contributed by atoms with Crippen LogP contribution in [-0.2, 0) is 28.2 Å². The molecule has 1 atom stereocenters.